The Balaban J connectivity index is 1.78. The second kappa shape index (κ2) is 6.46. The zero-order valence-electron chi connectivity index (χ0n) is 12.2. The number of rotatable bonds is 5. The van der Waals surface area contributed by atoms with Gasteiger partial charge in [-0.05, 0) is 35.8 Å². The number of aliphatic hydroxyl groups is 1. The Bertz CT molecular complexity index is 621. The Morgan fingerprint density at radius 3 is 2.82 bits per heavy atom. The van der Waals surface area contributed by atoms with Crippen LogP contribution in [0.25, 0.3) is 0 Å². The molecule has 5 nitrogen and oxygen atoms in total. The molecule has 116 valence electrons. The summed E-state index contributed by atoms with van der Waals surface area (Å²) in [5.74, 6) is 0.687. The van der Waals surface area contributed by atoms with Gasteiger partial charge in [-0.3, -0.25) is 4.79 Å². The molecule has 1 aliphatic rings. The van der Waals surface area contributed by atoms with Crippen molar-refractivity contribution in [3.63, 3.8) is 0 Å². The molecular weight excluding hydrogens is 300 g/mol. The van der Waals surface area contributed by atoms with Crippen LogP contribution in [-0.2, 0) is 0 Å². The molecule has 22 heavy (non-hydrogen) atoms. The standard InChI is InChI=1S/C16H18N2O3S/c1-21-14-5-4-10(9-17-14)15(11-7-12(19)8-11)18-16(20)13-3-2-6-22-13/h2-6,9,11-12,15,19H,7-8H2,1H3,(H,18,20). The average Bonchev–Trinajstić information content (AvgIpc) is 3.04. The fraction of sp³-hybridized carbons (Fsp3) is 0.375. The molecule has 0 bridgehead atoms. The van der Waals surface area contributed by atoms with Crippen LogP contribution in [0.2, 0.25) is 0 Å². The number of hydrogen-bond acceptors (Lipinski definition) is 5. The van der Waals surface area contributed by atoms with E-state index in [0.29, 0.717) is 23.6 Å². The molecule has 0 saturated heterocycles. The molecule has 6 heteroatoms. The van der Waals surface area contributed by atoms with E-state index in [-0.39, 0.29) is 24.0 Å². The highest BCUT2D eigenvalue weighted by atomic mass is 32.1. The number of amides is 1. The number of aromatic nitrogens is 1. The molecule has 0 spiro atoms. The first-order valence-electron chi connectivity index (χ1n) is 7.19. The Hall–Kier alpha value is -1.92. The lowest BCUT2D eigenvalue weighted by molar-refractivity contribution is 0.0235. The van der Waals surface area contributed by atoms with Crippen molar-refractivity contribution in [2.75, 3.05) is 7.11 Å². The van der Waals surface area contributed by atoms with Crippen molar-refractivity contribution in [2.24, 2.45) is 5.92 Å². The lowest BCUT2D eigenvalue weighted by Gasteiger charge is -2.38. The first-order valence-corrected chi connectivity index (χ1v) is 8.07. The van der Waals surface area contributed by atoms with E-state index in [1.807, 2.05) is 17.5 Å². The topological polar surface area (TPSA) is 71.5 Å². The van der Waals surface area contributed by atoms with E-state index in [4.69, 9.17) is 4.74 Å². The van der Waals surface area contributed by atoms with Gasteiger partial charge in [0.15, 0.2) is 0 Å². The maximum Gasteiger partial charge on any atom is 0.261 e. The van der Waals surface area contributed by atoms with E-state index >= 15 is 0 Å². The quantitative estimate of drug-likeness (QED) is 0.888. The molecule has 2 N–H and O–H groups in total. The van der Waals surface area contributed by atoms with E-state index < -0.39 is 0 Å². The van der Waals surface area contributed by atoms with Crippen LogP contribution < -0.4 is 10.1 Å². The Morgan fingerprint density at radius 2 is 2.27 bits per heavy atom. The van der Waals surface area contributed by atoms with Crippen molar-refractivity contribution in [3.05, 3.63) is 46.3 Å². The SMILES string of the molecule is COc1ccc(C(NC(=O)c2cccs2)C2CC(O)C2)cn1. The van der Waals surface area contributed by atoms with Crippen LogP contribution in [0.4, 0.5) is 0 Å². The van der Waals surface area contributed by atoms with Gasteiger partial charge in [0.05, 0.1) is 24.1 Å². The van der Waals surface area contributed by atoms with Gasteiger partial charge in [0.1, 0.15) is 0 Å². The number of thiophene rings is 1. The van der Waals surface area contributed by atoms with Crippen LogP contribution in [0.15, 0.2) is 35.8 Å². The van der Waals surface area contributed by atoms with Crippen molar-refractivity contribution < 1.29 is 14.6 Å². The molecule has 2 aromatic rings. The third kappa shape index (κ3) is 3.13. The number of nitrogens with zero attached hydrogens (tertiary/aromatic N) is 1. The smallest absolute Gasteiger partial charge is 0.261 e. The lowest BCUT2D eigenvalue weighted by atomic mass is 9.75. The van der Waals surface area contributed by atoms with Crippen molar-refractivity contribution in [1.29, 1.82) is 0 Å². The number of methoxy groups -OCH3 is 1. The first kappa shape index (κ1) is 15.0. The molecule has 1 fully saturated rings. The van der Waals surface area contributed by atoms with Crippen LogP contribution in [0.1, 0.15) is 34.1 Å². The number of aliphatic hydroxyl groups excluding tert-OH is 1. The highest BCUT2D eigenvalue weighted by Crippen LogP contribution is 2.38. The Morgan fingerprint density at radius 1 is 1.45 bits per heavy atom. The summed E-state index contributed by atoms with van der Waals surface area (Å²) >= 11 is 1.42. The molecule has 1 unspecified atom stereocenters. The molecule has 0 radical (unpaired) electrons. The molecule has 1 amide bonds. The van der Waals surface area contributed by atoms with Gasteiger partial charge in [0.2, 0.25) is 5.88 Å². The molecule has 2 heterocycles. The fourth-order valence-corrected chi connectivity index (χ4v) is 3.32. The lowest BCUT2D eigenvalue weighted by Crippen LogP contribution is -2.41. The van der Waals surface area contributed by atoms with Gasteiger partial charge >= 0.3 is 0 Å². The summed E-state index contributed by atoms with van der Waals surface area (Å²) in [6.45, 7) is 0. The van der Waals surface area contributed by atoms with E-state index in [1.165, 1.54) is 11.3 Å². The highest BCUT2D eigenvalue weighted by Gasteiger charge is 2.36. The Kier molecular flexibility index (Phi) is 4.40. The number of ether oxygens (including phenoxy) is 1. The number of carbonyl (C=O) groups excluding carboxylic acids is 1. The first-order chi connectivity index (χ1) is 10.7. The minimum Gasteiger partial charge on any atom is -0.481 e. The maximum atomic E-state index is 12.3. The van der Waals surface area contributed by atoms with Crippen molar-refractivity contribution >= 4 is 17.2 Å². The zero-order valence-corrected chi connectivity index (χ0v) is 13.0. The van der Waals surface area contributed by atoms with Gasteiger partial charge in [-0.2, -0.15) is 0 Å². The van der Waals surface area contributed by atoms with E-state index in [9.17, 15) is 9.90 Å². The number of carbonyl (C=O) groups is 1. The van der Waals surface area contributed by atoms with Crippen molar-refractivity contribution in [3.8, 4) is 5.88 Å². The summed E-state index contributed by atoms with van der Waals surface area (Å²) in [4.78, 5) is 17.2. The number of pyridine rings is 1. The van der Waals surface area contributed by atoms with E-state index in [2.05, 4.69) is 10.3 Å². The summed E-state index contributed by atoms with van der Waals surface area (Å²) in [7, 11) is 1.57. The average molecular weight is 318 g/mol. The minimum absolute atomic E-state index is 0.0859. The molecule has 0 aromatic carbocycles. The van der Waals surface area contributed by atoms with Crippen molar-refractivity contribution in [2.45, 2.75) is 25.0 Å². The van der Waals surface area contributed by atoms with E-state index in [0.717, 1.165) is 5.56 Å². The predicted octanol–water partition coefficient (Wildman–Crippen LogP) is 2.39. The molecular formula is C16H18N2O3S. The minimum atomic E-state index is -0.266. The predicted molar refractivity (Wildman–Crippen MR) is 84.0 cm³/mol. The summed E-state index contributed by atoms with van der Waals surface area (Å²) in [6.07, 6.45) is 2.85. The third-order valence-corrected chi connectivity index (χ3v) is 4.85. The summed E-state index contributed by atoms with van der Waals surface area (Å²) < 4.78 is 5.07. The summed E-state index contributed by atoms with van der Waals surface area (Å²) in [5, 5.41) is 14.5. The van der Waals surface area contributed by atoms with Crippen LogP contribution in [-0.4, -0.2) is 29.2 Å². The fourth-order valence-electron chi connectivity index (χ4n) is 2.69. The second-order valence-electron chi connectivity index (χ2n) is 5.45. The molecule has 1 aliphatic carbocycles. The molecule has 0 aliphatic heterocycles. The third-order valence-electron chi connectivity index (χ3n) is 3.98. The van der Waals surface area contributed by atoms with Gasteiger partial charge in [-0.25, -0.2) is 4.98 Å². The molecule has 2 aromatic heterocycles. The summed E-state index contributed by atoms with van der Waals surface area (Å²) in [6, 6.07) is 7.22. The summed E-state index contributed by atoms with van der Waals surface area (Å²) in [5.41, 5.74) is 0.933. The van der Waals surface area contributed by atoms with Crippen LogP contribution in [0, 0.1) is 5.92 Å². The molecule has 1 saturated carbocycles. The van der Waals surface area contributed by atoms with Crippen molar-refractivity contribution in [1.82, 2.24) is 10.3 Å². The number of nitrogens with one attached hydrogen (secondary N) is 1. The maximum absolute atomic E-state index is 12.3. The second-order valence-corrected chi connectivity index (χ2v) is 6.40. The van der Waals surface area contributed by atoms with Gasteiger partial charge in [0.25, 0.3) is 5.91 Å². The van der Waals surface area contributed by atoms with Crippen LogP contribution in [0.3, 0.4) is 0 Å². The van der Waals surface area contributed by atoms with Crippen LogP contribution >= 0.6 is 11.3 Å². The zero-order chi connectivity index (χ0) is 15.5. The van der Waals surface area contributed by atoms with Gasteiger partial charge < -0.3 is 15.2 Å². The van der Waals surface area contributed by atoms with Gasteiger partial charge in [-0.1, -0.05) is 12.1 Å². The normalized spacial score (nSPS) is 21.7. The largest absolute Gasteiger partial charge is 0.481 e. The monoisotopic (exact) mass is 318 g/mol. The Labute approximate surface area is 133 Å². The molecule has 1 atom stereocenters. The van der Waals surface area contributed by atoms with Crippen LogP contribution in [0.5, 0.6) is 5.88 Å². The highest BCUT2D eigenvalue weighted by molar-refractivity contribution is 7.12. The molecule has 3 rings (SSSR count). The van der Waals surface area contributed by atoms with Gasteiger partial charge in [-0.15, -0.1) is 11.3 Å². The van der Waals surface area contributed by atoms with E-state index in [1.54, 1.807) is 25.4 Å². The van der Waals surface area contributed by atoms with Gasteiger partial charge in [0, 0.05) is 12.3 Å². The number of hydrogen-bond donors (Lipinski definition) is 2.